The summed E-state index contributed by atoms with van der Waals surface area (Å²) >= 11 is 0. The number of esters is 1. The summed E-state index contributed by atoms with van der Waals surface area (Å²) in [6, 6.07) is 0. The highest BCUT2D eigenvalue weighted by atomic mass is 16.5. The third kappa shape index (κ3) is 1.91. The van der Waals surface area contributed by atoms with Gasteiger partial charge in [-0.15, -0.1) is 0 Å². The summed E-state index contributed by atoms with van der Waals surface area (Å²) in [7, 11) is 1.31. The van der Waals surface area contributed by atoms with Crippen LogP contribution in [0.2, 0.25) is 0 Å². The second-order valence-corrected chi connectivity index (χ2v) is 2.56. The lowest BCUT2D eigenvalue weighted by molar-refractivity contribution is -0.157. The van der Waals surface area contributed by atoms with E-state index in [-0.39, 0.29) is 6.61 Å². The Morgan fingerprint density at radius 3 is 3.00 bits per heavy atom. The van der Waals surface area contributed by atoms with Crippen LogP contribution in [0.5, 0.6) is 0 Å². The van der Waals surface area contributed by atoms with Gasteiger partial charge in [-0.3, -0.25) is 4.79 Å². The zero-order valence-electron chi connectivity index (χ0n) is 6.45. The molecule has 0 radical (unpaired) electrons. The third-order valence-electron chi connectivity index (χ3n) is 1.82. The van der Waals surface area contributed by atoms with Gasteiger partial charge in [0.1, 0.15) is 5.92 Å². The topological polar surface area (TPSA) is 55.8 Å². The molecule has 2 atom stereocenters. The molecule has 0 aromatic carbocycles. The van der Waals surface area contributed by atoms with Gasteiger partial charge in [-0.2, -0.15) is 0 Å². The van der Waals surface area contributed by atoms with E-state index >= 15 is 0 Å². The van der Waals surface area contributed by atoms with E-state index in [0.29, 0.717) is 13.0 Å². The van der Waals surface area contributed by atoms with E-state index in [1.807, 2.05) is 0 Å². The van der Waals surface area contributed by atoms with E-state index in [9.17, 15) is 9.90 Å². The van der Waals surface area contributed by atoms with Gasteiger partial charge in [-0.25, -0.2) is 0 Å². The van der Waals surface area contributed by atoms with Gasteiger partial charge < -0.3 is 14.6 Å². The average Bonchev–Trinajstić information content (AvgIpc) is 2.04. The molecule has 0 saturated carbocycles. The summed E-state index contributed by atoms with van der Waals surface area (Å²) in [6.45, 7) is 0.794. The molecule has 11 heavy (non-hydrogen) atoms. The first kappa shape index (κ1) is 8.49. The summed E-state index contributed by atoms with van der Waals surface area (Å²) in [5.74, 6) is -0.883. The highest BCUT2D eigenvalue weighted by Gasteiger charge is 2.30. The van der Waals surface area contributed by atoms with Crippen LogP contribution >= 0.6 is 0 Å². The Morgan fingerprint density at radius 1 is 1.73 bits per heavy atom. The third-order valence-corrected chi connectivity index (χ3v) is 1.82. The molecular formula is C7H12O4. The van der Waals surface area contributed by atoms with E-state index in [1.165, 1.54) is 7.11 Å². The minimum atomic E-state index is -0.601. The van der Waals surface area contributed by atoms with Crippen molar-refractivity contribution in [1.29, 1.82) is 0 Å². The van der Waals surface area contributed by atoms with Crippen LogP contribution in [0.3, 0.4) is 0 Å². The Hall–Kier alpha value is -0.610. The Kier molecular flexibility index (Phi) is 2.84. The summed E-state index contributed by atoms with van der Waals surface area (Å²) in [5.41, 5.74) is 0. The maximum atomic E-state index is 10.9. The van der Waals surface area contributed by atoms with Crippen molar-refractivity contribution >= 4 is 5.97 Å². The minimum Gasteiger partial charge on any atom is -0.469 e. The molecule has 0 aromatic rings. The first-order valence-corrected chi connectivity index (χ1v) is 3.59. The van der Waals surface area contributed by atoms with E-state index in [4.69, 9.17) is 4.74 Å². The summed E-state index contributed by atoms with van der Waals surface area (Å²) in [4.78, 5) is 10.9. The molecule has 0 aromatic heterocycles. The normalized spacial score (nSPS) is 31.5. The molecule has 4 heteroatoms. The number of aliphatic hydroxyl groups is 1. The molecule has 0 amide bonds. The highest BCUT2D eigenvalue weighted by Crippen LogP contribution is 2.15. The molecule has 0 aliphatic carbocycles. The van der Waals surface area contributed by atoms with E-state index in [2.05, 4.69) is 4.74 Å². The number of hydrogen-bond acceptors (Lipinski definition) is 4. The molecule has 1 fully saturated rings. The number of rotatable bonds is 1. The Labute approximate surface area is 65.1 Å². The molecular weight excluding hydrogens is 148 g/mol. The predicted molar refractivity (Wildman–Crippen MR) is 36.9 cm³/mol. The van der Waals surface area contributed by atoms with Crippen LogP contribution in [0, 0.1) is 5.92 Å². The molecule has 1 N–H and O–H groups in total. The monoisotopic (exact) mass is 160 g/mol. The summed E-state index contributed by atoms with van der Waals surface area (Å²) in [6.07, 6.45) is -0.0871. The van der Waals surface area contributed by atoms with Crippen molar-refractivity contribution in [3.63, 3.8) is 0 Å². The number of hydrogen-bond donors (Lipinski definition) is 1. The molecule has 1 saturated heterocycles. The largest absolute Gasteiger partial charge is 0.469 e. The summed E-state index contributed by atoms with van der Waals surface area (Å²) < 4.78 is 9.50. The minimum absolute atomic E-state index is 0.272. The smallest absolute Gasteiger partial charge is 0.313 e. The quantitative estimate of drug-likeness (QED) is 0.528. The molecule has 1 rings (SSSR count). The fourth-order valence-corrected chi connectivity index (χ4v) is 1.10. The van der Waals surface area contributed by atoms with E-state index < -0.39 is 18.0 Å². The van der Waals surface area contributed by atoms with Crippen LogP contribution in [0.4, 0.5) is 0 Å². The fourth-order valence-electron chi connectivity index (χ4n) is 1.10. The molecule has 64 valence electrons. The predicted octanol–water partition coefficient (Wildman–Crippen LogP) is -0.443. The lowest BCUT2D eigenvalue weighted by Gasteiger charge is -2.25. The van der Waals surface area contributed by atoms with Gasteiger partial charge in [0.2, 0.25) is 0 Å². The average molecular weight is 160 g/mol. The van der Waals surface area contributed by atoms with Gasteiger partial charge in [0.25, 0.3) is 0 Å². The molecule has 0 unspecified atom stereocenters. The van der Waals surface area contributed by atoms with Gasteiger partial charge in [0, 0.05) is 6.61 Å². The number of aliphatic hydroxyl groups excluding tert-OH is 1. The molecule has 0 bridgehead atoms. The Morgan fingerprint density at radius 2 is 2.45 bits per heavy atom. The number of methoxy groups -OCH3 is 1. The fraction of sp³-hybridized carbons (Fsp3) is 0.857. The second kappa shape index (κ2) is 3.69. The SMILES string of the molecule is COC(=O)[C@H]1COCC[C@@H]1O. The molecule has 0 spiro atoms. The van der Waals surface area contributed by atoms with Crippen molar-refractivity contribution < 1.29 is 19.4 Å². The zero-order chi connectivity index (χ0) is 8.27. The van der Waals surface area contributed by atoms with Crippen LogP contribution in [-0.2, 0) is 14.3 Å². The standard InChI is InChI=1S/C7H12O4/c1-10-7(9)5-4-11-3-2-6(5)8/h5-6,8H,2-4H2,1H3/t5-,6-/m0/s1. The van der Waals surface area contributed by atoms with Gasteiger partial charge in [0.05, 0.1) is 19.8 Å². The summed E-state index contributed by atoms with van der Waals surface area (Å²) in [5, 5.41) is 9.29. The second-order valence-electron chi connectivity index (χ2n) is 2.56. The molecule has 1 aliphatic heterocycles. The van der Waals surface area contributed by atoms with Crippen LogP contribution in [0.1, 0.15) is 6.42 Å². The lowest BCUT2D eigenvalue weighted by Crippen LogP contribution is -2.37. The van der Waals surface area contributed by atoms with Crippen LogP contribution in [0.15, 0.2) is 0 Å². The first-order valence-electron chi connectivity index (χ1n) is 3.59. The Balaban J connectivity index is 2.47. The number of ether oxygens (including phenoxy) is 2. The van der Waals surface area contributed by atoms with Crippen molar-refractivity contribution in [2.24, 2.45) is 5.92 Å². The van der Waals surface area contributed by atoms with Crippen molar-refractivity contribution in [2.75, 3.05) is 20.3 Å². The van der Waals surface area contributed by atoms with Crippen molar-refractivity contribution in [2.45, 2.75) is 12.5 Å². The van der Waals surface area contributed by atoms with Crippen molar-refractivity contribution in [3.8, 4) is 0 Å². The molecule has 4 nitrogen and oxygen atoms in total. The molecule has 1 aliphatic rings. The van der Waals surface area contributed by atoms with Gasteiger partial charge in [0.15, 0.2) is 0 Å². The van der Waals surface area contributed by atoms with Crippen LogP contribution in [0.25, 0.3) is 0 Å². The maximum Gasteiger partial charge on any atom is 0.313 e. The number of carbonyl (C=O) groups excluding carboxylic acids is 1. The zero-order valence-corrected chi connectivity index (χ0v) is 6.45. The van der Waals surface area contributed by atoms with Gasteiger partial charge in [-0.1, -0.05) is 0 Å². The van der Waals surface area contributed by atoms with E-state index in [1.54, 1.807) is 0 Å². The highest BCUT2D eigenvalue weighted by molar-refractivity contribution is 5.73. The van der Waals surface area contributed by atoms with Crippen molar-refractivity contribution in [3.05, 3.63) is 0 Å². The van der Waals surface area contributed by atoms with Crippen LogP contribution in [-0.4, -0.2) is 37.5 Å². The number of carbonyl (C=O) groups is 1. The van der Waals surface area contributed by atoms with Crippen LogP contribution < -0.4 is 0 Å². The van der Waals surface area contributed by atoms with E-state index in [0.717, 1.165) is 0 Å². The molecule has 1 heterocycles. The first-order chi connectivity index (χ1) is 5.25. The van der Waals surface area contributed by atoms with Gasteiger partial charge >= 0.3 is 5.97 Å². The maximum absolute atomic E-state index is 10.9. The van der Waals surface area contributed by atoms with Gasteiger partial charge in [-0.05, 0) is 6.42 Å². The van der Waals surface area contributed by atoms with Crippen molar-refractivity contribution in [1.82, 2.24) is 0 Å². The lowest BCUT2D eigenvalue weighted by atomic mass is 9.99. The Bertz CT molecular complexity index is 145.